The van der Waals surface area contributed by atoms with Crippen LogP contribution in [0.5, 0.6) is 5.75 Å². The number of nitrogens with one attached hydrogen (secondary N) is 1. The van der Waals surface area contributed by atoms with Gasteiger partial charge < -0.3 is 10.1 Å². The first-order valence-electron chi connectivity index (χ1n) is 5.27. The predicted molar refractivity (Wildman–Crippen MR) is 59.1 cm³/mol. The van der Waals surface area contributed by atoms with Crippen molar-refractivity contribution < 1.29 is 4.74 Å². The summed E-state index contributed by atoms with van der Waals surface area (Å²) in [5.41, 5.74) is 2.70. The molecule has 1 atom stereocenters. The lowest BCUT2D eigenvalue weighted by atomic mass is 9.96. The van der Waals surface area contributed by atoms with Crippen LogP contribution in [0.3, 0.4) is 0 Å². The largest absolute Gasteiger partial charge is 0.497 e. The van der Waals surface area contributed by atoms with Crippen LogP contribution in [-0.2, 0) is 0 Å². The summed E-state index contributed by atoms with van der Waals surface area (Å²) in [4.78, 5) is 0. The average Bonchev–Trinajstić information content (AvgIpc) is 2.61. The molecule has 1 aliphatic heterocycles. The quantitative estimate of drug-likeness (QED) is 0.793. The fourth-order valence-electron chi connectivity index (χ4n) is 2.12. The lowest BCUT2D eigenvalue weighted by Gasteiger charge is -2.09. The Kier molecular flexibility index (Phi) is 2.62. The van der Waals surface area contributed by atoms with E-state index in [0.717, 1.165) is 12.3 Å². The van der Waals surface area contributed by atoms with Crippen LogP contribution in [0, 0.1) is 0 Å². The Morgan fingerprint density at radius 2 is 2.36 bits per heavy atom. The second-order valence-corrected chi connectivity index (χ2v) is 3.82. The molecule has 14 heavy (non-hydrogen) atoms. The maximum atomic E-state index is 5.24. The van der Waals surface area contributed by atoms with Gasteiger partial charge in [0.25, 0.3) is 0 Å². The van der Waals surface area contributed by atoms with Gasteiger partial charge in [-0.05, 0) is 30.2 Å². The molecule has 0 bridgehead atoms. The van der Waals surface area contributed by atoms with Gasteiger partial charge in [-0.15, -0.1) is 0 Å². The first-order valence-corrected chi connectivity index (χ1v) is 5.27. The highest BCUT2D eigenvalue weighted by Crippen LogP contribution is 2.36. The standard InChI is InChI=1S/C12H17NO/c1-3-4-9-8-13-12-6-5-10(14-2)7-11(9)12/h5-7,9,13H,3-4,8H2,1-2H3/t9-/m1/s1. The number of fused-ring (bicyclic) bond motifs is 1. The van der Waals surface area contributed by atoms with Gasteiger partial charge in [-0.1, -0.05) is 13.3 Å². The Bertz CT molecular complexity index is 320. The minimum atomic E-state index is 0.671. The van der Waals surface area contributed by atoms with E-state index < -0.39 is 0 Å². The van der Waals surface area contributed by atoms with Crippen LogP contribution in [0.15, 0.2) is 18.2 Å². The average molecular weight is 191 g/mol. The highest BCUT2D eigenvalue weighted by atomic mass is 16.5. The molecule has 1 heterocycles. The molecule has 0 unspecified atom stereocenters. The smallest absolute Gasteiger partial charge is 0.119 e. The predicted octanol–water partition coefficient (Wildman–Crippen LogP) is 3.00. The number of hydrogen-bond acceptors (Lipinski definition) is 2. The fourth-order valence-corrected chi connectivity index (χ4v) is 2.12. The lowest BCUT2D eigenvalue weighted by molar-refractivity contribution is 0.414. The van der Waals surface area contributed by atoms with Gasteiger partial charge in [0.15, 0.2) is 0 Å². The molecule has 2 rings (SSSR count). The summed E-state index contributed by atoms with van der Waals surface area (Å²) < 4.78 is 5.24. The minimum Gasteiger partial charge on any atom is -0.497 e. The molecular formula is C12H17NO. The van der Waals surface area contributed by atoms with Crippen molar-refractivity contribution in [2.45, 2.75) is 25.7 Å². The van der Waals surface area contributed by atoms with Crippen molar-refractivity contribution in [3.63, 3.8) is 0 Å². The Morgan fingerprint density at radius 3 is 3.07 bits per heavy atom. The zero-order valence-corrected chi connectivity index (χ0v) is 8.84. The number of hydrogen-bond donors (Lipinski definition) is 1. The molecule has 0 spiro atoms. The normalized spacial score (nSPS) is 18.9. The summed E-state index contributed by atoms with van der Waals surface area (Å²) in [6, 6.07) is 6.29. The molecule has 0 aromatic heterocycles. The monoisotopic (exact) mass is 191 g/mol. The lowest BCUT2D eigenvalue weighted by Crippen LogP contribution is -2.00. The molecule has 0 saturated carbocycles. The number of methoxy groups -OCH3 is 1. The second kappa shape index (κ2) is 3.91. The van der Waals surface area contributed by atoms with Gasteiger partial charge in [0.05, 0.1) is 7.11 Å². The molecule has 1 aliphatic rings. The first-order chi connectivity index (χ1) is 6.85. The maximum absolute atomic E-state index is 5.24. The van der Waals surface area contributed by atoms with Crippen molar-refractivity contribution >= 4 is 5.69 Å². The molecule has 0 radical (unpaired) electrons. The highest BCUT2D eigenvalue weighted by Gasteiger charge is 2.21. The summed E-state index contributed by atoms with van der Waals surface area (Å²) in [5, 5.41) is 3.43. The van der Waals surface area contributed by atoms with Crippen molar-refractivity contribution in [1.29, 1.82) is 0 Å². The van der Waals surface area contributed by atoms with Gasteiger partial charge in [0, 0.05) is 18.2 Å². The van der Waals surface area contributed by atoms with Crippen LogP contribution in [0.1, 0.15) is 31.2 Å². The van der Waals surface area contributed by atoms with Gasteiger partial charge in [-0.2, -0.15) is 0 Å². The Labute approximate surface area is 85.3 Å². The molecule has 76 valence electrons. The molecule has 2 nitrogen and oxygen atoms in total. The van der Waals surface area contributed by atoms with Crippen LogP contribution >= 0.6 is 0 Å². The minimum absolute atomic E-state index is 0.671. The Balaban J connectivity index is 2.27. The third-order valence-corrected chi connectivity index (χ3v) is 2.87. The van der Waals surface area contributed by atoms with Crippen molar-refractivity contribution in [2.75, 3.05) is 19.0 Å². The molecule has 0 fully saturated rings. The van der Waals surface area contributed by atoms with E-state index in [1.807, 2.05) is 6.07 Å². The van der Waals surface area contributed by atoms with Gasteiger partial charge in [0.1, 0.15) is 5.75 Å². The second-order valence-electron chi connectivity index (χ2n) is 3.82. The SMILES string of the molecule is CCC[C@@H]1CNc2ccc(OC)cc21. The van der Waals surface area contributed by atoms with Gasteiger partial charge in [-0.3, -0.25) is 0 Å². The van der Waals surface area contributed by atoms with Crippen molar-refractivity contribution in [1.82, 2.24) is 0 Å². The van der Waals surface area contributed by atoms with Crippen LogP contribution in [-0.4, -0.2) is 13.7 Å². The van der Waals surface area contributed by atoms with Crippen molar-refractivity contribution in [3.8, 4) is 5.75 Å². The van der Waals surface area contributed by atoms with Crippen LogP contribution in [0.2, 0.25) is 0 Å². The number of benzene rings is 1. The van der Waals surface area contributed by atoms with E-state index in [2.05, 4.69) is 24.4 Å². The van der Waals surface area contributed by atoms with Crippen molar-refractivity contribution in [2.24, 2.45) is 0 Å². The molecule has 0 amide bonds. The maximum Gasteiger partial charge on any atom is 0.119 e. The Hall–Kier alpha value is -1.18. The molecule has 1 N–H and O–H groups in total. The topological polar surface area (TPSA) is 21.3 Å². The zero-order valence-electron chi connectivity index (χ0n) is 8.84. The fraction of sp³-hybridized carbons (Fsp3) is 0.500. The molecular weight excluding hydrogens is 174 g/mol. The van der Waals surface area contributed by atoms with Crippen molar-refractivity contribution in [3.05, 3.63) is 23.8 Å². The molecule has 1 aromatic rings. The summed E-state index contributed by atoms with van der Waals surface area (Å²) in [7, 11) is 1.72. The summed E-state index contributed by atoms with van der Waals surface area (Å²) in [5.74, 6) is 1.64. The first kappa shape index (κ1) is 9.38. The summed E-state index contributed by atoms with van der Waals surface area (Å²) in [6.45, 7) is 3.31. The van der Waals surface area contributed by atoms with E-state index in [0.29, 0.717) is 5.92 Å². The van der Waals surface area contributed by atoms with E-state index in [-0.39, 0.29) is 0 Å². The Morgan fingerprint density at radius 1 is 1.50 bits per heavy atom. The van der Waals surface area contributed by atoms with E-state index in [9.17, 15) is 0 Å². The highest BCUT2D eigenvalue weighted by molar-refractivity contribution is 5.60. The van der Waals surface area contributed by atoms with Crippen LogP contribution in [0.4, 0.5) is 5.69 Å². The third kappa shape index (κ3) is 1.57. The van der Waals surface area contributed by atoms with E-state index in [1.54, 1.807) is 7.11 Å². The molecule has 0 saturated heterocycles. The zero-order chi connectivity index (χ0) is 9.97. The van der Waals surface area contributed by atoms with Crippen LogP contribution in [0.25, 0.3) is 0 Å². The summed E-state index contributed by atoms with van der Waals surface area (Å²) in [6.07, 6.45) is 2.50. The van der Waals surface area contributed by atoms with E-state index >= 15 is 0 Å². The van der Waals surface area contributed by atoms with Gasteiger partial charge in [-0.25, -0.2) is 0 Å². The van der Waals surface area contributed by atoms with Gasteiger partial charge in [0.2, 0.25) is 0 Å². The summed E-state index contributed by atoms with van der Waals surface area (Å²) >= 11 is 0. The molecule has 2 heteroatoms. The van der Waals surface area contributed by atoms with E-state index in [4.69, 9.17) is 4.74 Å². The number of ether oxygens (including phenoxy) is 1. The number of rotatable bonds is 3. The van der Waals surface area contributed by atoms with Crippen LogP contribution < -0.4 is 10.1 Å². The number of anilines is 1. The molecule has 0 aliphatic carbocycles. The molecule has 1 aromatic carbocycles. The van der Waals surface area contributed by atoms with Gasteiger partial charge >= 0.3 is 0 Å². The van der Waals surface area contributed by atoms with E-state index in [1.165, 1.54) is 24.1 Å². The third-order valence-electron chi connectivity index (χ3n) is 2.87.